The predicted octanol–water partition coefficient (Wildman–Crippen LogP) is 1.83. The Bertz CT molecular complexity index is 412. The molecule has 2 rings (SSSR count). The second-order valence-electron chi connectivity index (χ2n) is 3.17. The summed E-state index contributed by atoms with van der Waals surface area (Å²) in [7, 11) is 0. The van der Waals surface area contributed by atoms with Crippen molar-refractivity contribution in [2.24, 2.45) is 0 Å². The van der Waals surface area contributed by atoms with E-state index in [1.54, 1.807) is 10.9 Å². The molecule has 0 spiro atoms. The molecule has 0 atom stereocenters. The minimum atomic E-state index is 0.677. The lowest BCUT2D eigenvalue weighted by molar-refractivity contribution is 0.813. The van der Waals surface area contributed by atoms with Gasteiger partial charge in [-0.3, -0.25) is 0 Å². The number of alkyl halides is 1. The fourth-order valence-electron chi connectivity index (χ4n) is 1.30. The lowest BCUT2D eigenvalue weighted by atomic mass is 10.2. The van der Waals surface area contributed by atoms with Crippen molar-refractivity contribution in [3.63, 3.8) is 0 Å². The van der Waals surface area contributed by atoms with Gasteiger partial charge < -0.3 is 0 Å². The van der Waals surface area contributed by atoms with E-state index in [2.05, 4.69) is 15.3 Å². The van der Waals surface area contributed by atoms with Crippen molar-refractivity contribution >= 4 is 11.6 Å². The Hall–Kier alpha value is -1.42. The van der Waals surface area contributed by atoms with Gasteiger partial charge in [-0.15, -0.1) is 16.7 Å². The summed E-state index contributed by atoms with van der Waals surface area (Å²) < 4.78 is 1.72. The SMILES string of the molecule is ClCCCc1cnn(-c2cccnn2)c1. The Kier molecular flexibility index (Phi) is 3.29. The quantitative estimate of drug-likeness (QED) is 0.742. The van der Waals surface area contributed by atoms with E-state index in [-0.39, 0.29) is 0 Å². The van der Waals surface area contributed by atoms with Crippen molar-refractivity contribution in [1.82, 2.24) is 20.0 Å². The van der Waals surface area contributed by atoms with Gasteiger partial charge in [-0.2, -0.15) is 10.2 Å². The molecule has 78 valence electrons. The highest BCUT2D eigenvalue weighted by molar-refractivity contribution is 6.17. The van der Waals surface area contributed by atoms with Crippen molar-refractivity contribution in [2.75, 3.05) is 5.88 Å². The van der Waals surface area contributed by atoms with E-state index in [0.717, 1.165) is 18.7 Å². The summed E-state index contributed by atoms with van der Waals surface area (Å²) >= 11 is 5.63. The number of nitrogens with zero attached hydrogens (tertiary/aromatic N) is 4. The molecule has 0 radical (unpaired) electrons. The van der Waals surface area contributed by atoms with Crippen molar-refractivity contribution in [2.45, 2.75) is 12.8 Å². The Balaban J connectivity index is 2.14. The maximum atomic E-state index is 5.63. The molecule has 2 aromatic heterocycles. The summed E-state index contributed by atoms with van der Waals surface area (Å²) in [6, 6.07) is 3.70. The number of aromatic nitrogens is 4. The van der Waals surface area contributed by atoms with Gasteiger partial charge in [0.15, 0.2) is 5.82 Å². The molecule has 0 aromatic carbocycles. The molecular weight excluding hydrogens is 212 g/mol. The van der Waals surface area contributed by atoms with Crippen LogP contribution in [0.3, 0.4) is 0 Å². The zero-order chi connectivity index (χ0) is 10.5. The molecule has 15 heavy (non-hydrogen) atoms. The first-order valence-corrected chi connectivity index (χ1v) is 5.31. The highest BCUT2D eigenvalue weighted by Gasteiger charge is 2.01. The van der Waals surface area contributed by atoms with Crippen molar-refractivity contribution in [3.8, 4) is 5.82 Å². The van der Waals surface area contributed by atoms with E-state index in [1.165, 1.54) is 5.56 Å². The molecule has 2 heterocycles. The molecule has 0 saturated carbocycles. The van der Waals surface area contributed by atoms with Gasteiger partial charge >= 0.3 is 0 Å². The van der Waals surface area contributed by atoms with Crippen LogP contribution in [-0.2, 0) is 6.42 Å². The molecule has 2 aromatic rings. The fraction of sp³-hybridized carbons (Fsp3) is 0.300. The standard InChI is InChI=1S/C10H11ClN4/c11-5-1-3-9-7-13-15(8-9)10-4-2-6-12-14-10/h2,4,6-8H,1,3,5H2. The zero-order valence-corrected chi connectivity index (χ0v) is 8.93. The minimum Gasteiger partial charge on any atom is -0.221 e. The topological polar surface area (TPSA) is 43.6 Å². The highest BCUT2D eigenvalue weighted by Crippen LogP contribution is 2.06. The van der Waals surface area contributed by atoms with E-state index in [1.807, 2.05) is 24.5 Å². The van der Waals surface area contributed by atoms with Crippen LogP contribution in [0, 0.1) is 0 Å². The van der Waals surface area contributed by atoms with E-state index in [0.29, 0.717) is 5.88 Å². The third kappa shape index (κ3) is 2.53. The molecule has 0 aliphatic heterocycles. The monoisotopic (exact) mass is 222 g/mol. The van der Waals surface area contributed by atoms with Crippen LogP contribution in [0.5, 0.6) is 0 Å². The molecule has 0 saturated heterocycles. The smallest absolute Gasteiger partial charge is 0.175 e. The number of hydrogen-bond donors (Lipinski definition) is 0. The Morgan fingerprint density at radius 2 is 2.33 bits per heavy atom. The number of aryl methyl sites for hydroxylation is 1. The molecule has 5 heteroatoms. The van der Waals surface area contributed by atoms with E-state index >= 15 is 0 Å². The highest BCUT2D eigenvalue weighted by atomic mass is 35.5. The van der Waals surface area contributed by atoms with Gasteiger partial charge in [0, 0.05) is 18.3 Å². The van der Waals surface area contributed by atoms with Gasteiger partial charge in [0.2, 0.25) is 0 Å². The van der Waals surface area contributed by atoms with Crippen LogP contribution in [-0.4, -0.2) is 25.9 Å². The summed E-state index contributed by atoms with van der Waals surface area (Å²) in [5.41, 5.74) is 1.17. The molecule has 0 bridgehead atoms. The minimum absolute atomic E-state index is 0.677. The molecule has 4 nitrogen and oxygen atoms in total. The fourth-order valence-corrected chi connectivity index (χ4v) is 1.43. The van der Waals surface area contributed by atoms with Crippen LogP contribution in [0.15, 0.2) is 30.7 Å². The van der Waals surface area contributed by atoms with Gasteiger partial charge in [0.05, 0.1) is 6.20 Å². The van der Waals surface area contributed by atoms with Crippen LogP contribution in [0.1, 0.15) is 12.0 Å². The number of hydrogen-bond acceptors (Lipinski definition) is 3. The van der Waals surface area contributed by atoms with E-state index in [9.17, 15) is 0 Å². The first-order chi connectivity index (χ1) is 7.40. The van der Waals surface area contributed by atoms with Crippen LogP contribution in [0.2, 0.25) is 0 Å². The Morgan fingerprint density at radius 1 is 1.40 bits per heavy atom. The van der Waals surface area contributed by atoms with Crippen molar-refractivity contribution < 1.29 is 0 Å². The zero-order valence-electron chi connectivity index (χ0n) is 8.17. The first-order valence-electron chi connectivity index (χ1n) is 4.78. The summed E-state index contributed by atoms with van der Waals surface area (Å²) in [4.78, 5) is 0. The number of halogens is 1. The molecule has 0 fully saturated rings. The first kappa shape index (κ1) is 10.1. The second-order valence-corrected chi connectivity index (χ2v) is 3.55. The summed E-state index contributed by atoms with van der Waals surface area (Å²) in [6.07, 6.45) is 7.34. The Morgan fingerprint density at radius 3 is 3.07 bits per heavy atom. The third-order valence-electron chi connectivity index (χ3n) is 2.03. The van der Waals surface area contributed by atoms with Gasteiger partial charge in [-0.05, 0) is 30.5 Å². The summed E-state index contributed by atoms with van der Waals surface area (Å²) in [5, 5.41) is 12.0. The van der Waals surface area contributed by atoms with Crippen molar-refractivity contribution in [3.05, 3.63) is 36.3 Å². The van der Waals surface area contributed by atoms with E-state index < -0.39 is 0 Å². The van der Waals surface area contributed by atoms with Gasteiger partial charge in [-0.25, -0.2) is 4.68 Å². The molecule has 0 aliphatic carbocycles. The maximum absolute atomic E-state index is 5.63. The molecule has 0 amide bonds. The van der Waals surface area contributed by atoms with Gasteiger partial charge in [0.25, 0.3) is 0 Å². The largest absolute Gasteiger partial charge is 0.221 e. The summed E-state index contributed by atoms with van der Waals surface area (Å²) in [5.74, 6) is 1.41. The third-order valence-corrected chi connectivity index (χ3v) is 2.30. The van der Waals surface area contributed by atoms with Crippen molar-refractivity contribution in [1.29, 1.82) is 0 Å². The van der Waals surface area contributed by atoms with Crippen LogP contribution in [0.4, 0.5) is 0 Å². The molecule has 0 aliphatic rings. The number of rotatable bonds is 4. The second kappa shape index (κ2) is 4.89. The van der Waals surface area contributed by atoms with Crippen LogP contribution >= 0.6 is 11.6 Å². The average Bonchev–Trinajstić information content (AvgIpc) is 2.76. The van der Waals surface area contributed by atoms with Gasteiger partial charge in [-0.1, -0.05) is 0 Å². The normalized spacial score (nSPS) is 10.5. The molecule has 0 unspecified atom stereocenters. The summed E-state index contributed by atoms with van der Waals surface area (Å²) in [6.45, 7) is 0. The van der Waals surface area contributed by atoms with E-state index in [4.69, 9.17) is 11.6 Å². The molecule has 0 N–H and O–H groups in total. The maximum Gasteiger partial charge on any atom is 0.175 e. The van der Waals surface area contributed by atoms with Gasteiger partial charge in [0.1, 0.15) is 0 Å². The predicted molar refractivity (Wildman–Crippen MR) is 58.2 cm³/mol. The lowest BCUT2D eigenvalue weighted by Crippen LogP contribution is -1.98. The lowest BCUT2D eigenvalue weighted by Gasteiger charge is -1.96. The average molecular weight is 223 g/mol. The molecular formula is C10H11ClN4. The van der Waals surface area contributed by atoms with Crippen LogP contribution in [0.25, 0.3) is 5.82 Å². The Labute approximate surface area is 92.9 Å². The van der Waals surface area contributed by atoms with Crippen LogP contribution < -0.4 is 0 Å².